The molecule has 1 heterocycles. The first-order chi connectivity index (χ1) is 8.66. The van der Waals surface area contributed by atoms with Gasteiger partial charge in [0.2, 0.25) is 12.3 Å². The molecule has 94 valence electrons. The van der Waals surface area contributed by atoms with Gasteiger partial charge in [-0.3, -0.25) is 4.79 Å². The van der Waals surface area contributed by atoms with Crippen molar-refractivity contribution in [3.8, 4) is 11.5 Å². The van der Waals surface area contributed by atoms with E-state index in [1.165, 1.54) is 6.39 Å². The molecule has 2 N–H and O–H groups in total. The Morgan fingerprint density at radius 1 is 1.44 bits per heavy atom. The van der Waals surface area contributed by atoms with E-state index in [4.69, 9.17) is 9.52 Å². The van der Waals surface area contributed by atoms with E-state index in [1.54, 1.807) is 31.2 Å². The van der Waals surface area contributed by atoms with E-state index in [-0.39, 0.29) is 12.5 Å². The number of benzene rings is 1. The highest BCUT2D eigenvalue weighted by Crippen LogP contribution is 2.16. The molecule has 0 saturated carbocycles. The molecule has 2 rings (SSSR count). The zero-order chi connectivity index (χ0) is 13.0. The molecule has 0 aliphatic carbocycles. The second kappa shape index (κ2) is 5.42. The van der Waals surface area contributed by atoms with Crippen LogP contribution in [0.4, 0.5) is 0 Å². The molecule has 6 nitrogen and oxygen atoms in total. The molecule has 0 fully saturated rings. The lowest BCUT2D eigenvalue weighted by atomic mass is 10.1. The lowest BCUT2D eigenvalue weighted by molar-refractivity contribution is 0.0924. The monoisotopic (exact) mass is 247 g/mol. The van der Waals surface area contributed by atoms with Crippen LogP contribution in [-0.2, 0) is 0 Å². The molecule has 0 unspecified atom stereocenters. The summed E-state index contributed by atoms with van der Waals surface area (Å²) >= 11 is 0. The van der Waals surface area contributed by atoms with Crippen molar-refractivity contribution < 1.29 is 14.3 Å². The normalized spacial score (nSPS) is 12.1. The number of nitrogens with one attached hydrogen (secondary N) is 1. The Labute approximate surface area is 104 Å². The van der Waals surface area contributed by atoms with Crippen molar-refractivity contribution in [3.63, 3.8) is 0 Å². The second-order valence-corrected chi connectivity index (χ2v) is 3.88. The van der Waals surface area contributed by atoms with E-state index in [2.05, 4.69) is 15.5 Å². The van der Waals surface area contributed by atoms with E-state index in [0.29, 0.717) is 11.5 Å². The van der Waals surface area contributed by atoms with Crippen molar-refractivity contribution in [2.24, 2.45) is 0 Å². The van der Waals surface area contributed by atoms with Crippen molar-refractivity contribution in [2.45, 2.75) is 13.0 Å². The molecule has 0 aliphatic heterocycles. The average molecular weight is 247 g/mol. The minimum Gasteiger partial charge on any atom is -0.423 e. The van der Waals surface area contributed by atoms with Crippen LogP contribution in [-0.4, -0.2) is 33.9 Å². The summed E-state index contributed by atoms with van der Waals surface area (Å²) in [6.07, 6.45) is 0.685. The van der Waals surface area contributed by atoms with Gasteiger partial charge in [-0.2, -0.15) is 0 Å². The first-order valence-corrected chi connectivity index (χ1v) is 5.49. The zero-order valence-electron chi connectivity index (χ0n) is 9.83. The van der Waals surface area contributed by atoms with Crippen LogP contribution in [0.1, 0.15) is 17.3 Å². The van der Waals surface area contributed by atoms with Gasteiger partial charge in [-0.15, -0.1) is 10.2 Å². The van der Waals surface area contributed by atoms with Crippen molar-refractivity contribution in [1.82, 2.24) is 15.5 Å². The summed E-state index contributed by atoms with van der Waals surface area (Å²) < 4.78 is 5.04. The fourth-order valence-electron chi connectivity index (χ4n) is 1.41. The highest BCUT2D eigenvalue weighted by molar-refractivity contribution is 5.94. The number of aliphatic hydroxyl groups is 1. The third-order valence-corrected chi connectivity index (χ3v) is 2.31. The number of hydrogen-bond acceptors (Lipinski definition) is 5. The molecule has 0 radical (unpaired) electrons. The van der Waals surface area contributed by atoms with Crippen LogP contribution >= 0.6 is 0 Å². The Morgan fingerprint density at radius 3 is 2.72 bits per heavy atom. The van der Waals surface area contributed by atoms with Crippen molar-refractivity contribution in [3.05, 3.63) is 36.2 Å². The number of carbonyl (C=O) groups excluding carboxylic acids is 1. The lowest BCUT2D eigenvalue weighted by Gasteiger charge is -2.07. The van der Waals surface area contributed by atoms with E-state index < -0.39 is 6.10 Å². The number of carbonyl (C=O) groups is 1. The quantitative estimate of drug-likeness (QED) is 0.836. The van der Waals surface area contributed by atoms with Crippen molar-refractivity contribution in [1.29, 1.82) is 0 Å². The predicted octanol–water partition coefficient (Wildman–Crippen LogP) is 0.847. The Bertz CT molecular complexity index is 506. The summed E-state index contributed by atoms with van der Waals surface area (Å²) in [5.41, 5.74) is 1.26. The van der Waals surface area contributed by atoms with Crippen LogP contribution in [0.2, 0.25) is 0 Å². The molecule has 18 heavy (non-hydrogen) atoms. The highest BCUT2D eigenvalue weighted by atomic mass is 16.4. The summed E-state index contributed by atoms with van der Waals surface area (Å²) in [6, 6.07) is 6.78. The summed E-state index contributed by atoms with van der Waals surface area (Å²) in [5.74, 6) is 0.180. The number of rotatable bonds is 4. The standard InChI is InChI=1S/C12H13N3O3/c1-8(16)6-13-11(17)9-2-4-10(5-3-9)12-15-14-7-18-12/h2-5,7-8,16H,6H2,1H3,(H,13,17)/t8-/m1/s1. The molecule has 0 saturated heterocycles. The van der Waals surface area contributed by atoms with Gasteiger partial charge in [-0.1, -0.05) is 0 Å². The van der Waals surface area contributed by atoms with Gasteiger partial charge in [0, 0.05) is 17.7 Å². The first kappa shape index (κ1) is 12.3. The summed E-state index contributed by atoms with van der Waals surface area (Å²) in [4.78, 5) is 11.7. The molecule has 1 amide bonds. The van der Waals surface area contributed by atoms with E-state index >= 15 is 0 Å². The third kappa shape index (κ3) is 2.92. The third-order valence-electron chi connectivity index (χ3n) is 2.31. The number of hydrogen-bond donors (Lipinski definition) is 2. The van der Waals surface area contributed by atoms with Gasteiger partial charge in [-0.25, -0.2) is 0 Å². The average Bonchev–Trinajstić information content (AvgIpc) is 2.90. The number of nitrogens with zero attached hydrogens (tertiary/aromatic N) is 2. The molecule has 0 aliphatic rings. The highest BCUT2D eigenvalue weighted by Gasteiger charge is 2.08. The summed E-state index contributed by atoms with van der Waals surface area (Å²) in [6.45, 7) is 1.84. The molecule has 0 spiro atoms. The van der Waals surface area contributed by atoms with Crippen LogP contribution in [0, 0.1) is 0 Å². The number of aliphatic hydroxyl groups excluding tert-OH is 1. The molecular formula is C12H13N3O3. The molecule has 1 aromatic carbocycles. The topological polar surface area (TPSA) is 88.2 Å². The molecule has 2 aromatic rings. The van der Waals surface area contributed by atoms with Crippen molar-refractivity contribution >= 4 is 5.91 Å². The molecule has 1 atom stereocenters. The van der Waals surface area contributed by atoms with Gasteiger partial charge < -0.3 is 14.8 Å². The van der Waals surface area contributed by atoms with Crippen LogP contribution in [0.5, 0.6) is 0 Å². The fraction of sp³-hybridized carbons (Fsp3) is 0.250. The van der Waals surface area contributed by atoms with Gasteiger partial charge in [-0.05, 0) is 31.2 Å². The van der Waals surface area contributed by atoms with Gasteiger partial charge >= 0.3 is 0 Å². The van der Waals surface area contributed by atoms with Gasteiger partial charge in [0.05, 0.1) is 6.10 Å². The Balaban J connectivity index is 2.06. The van der Waals surface area contributed by atoms with Crippen LogP contribution in [0.3, 0.4) is 0 Å². The zero-order valence-corrected chi connectivity index (χ0v) is 9.83. The van der Waals surface area contributed by atoms with Gasteiger partial charge in [0.15, 0.2) is 0 Å². The lowest BCUT2D eigenvalue weighted by Crippen LogP contribution is -2.30. The fourth-order valence-corrected chi connectivity index (χ4v) is 1.41. The Hall–Kier alpha value is -2.21. The maximum Gasteiger partial charge on any atom is 0.251 e. The Kier molecular flexibility index (Phi) is 3.69. The summed E-state index contributed by atoms with van der Waals surface area (Å²) in [5, 5.41) is 19.0. The second-order valence-electron chi connectivity index (χ2n) is 3.88. The number of aromatic nitrogens is 2. The SMILES string of the molecule is C[C@@H](O)CNC(=O)c1ccc(-c2nnco2)cc1. The molecule has 1 aromatic heterocycles. The van der Waals surface area contributed by atoms with E-state index in [1.807, 2.05) is 0 Å². The summed E-state index contributed by atoms with van der Waals surface area (Å²) in [7, 11) is 0. The molecule has 0 bridgehead atoms. The minimum atomic E-state index is -0.563. The van der Waals surface area contributed by atoms with Gasteiger partial charge in [0.25, 0.3) is 5.91 Å². The van der Waals surface area contributed by atoms with Crippen LogP contribution in [0.25, 0.3) is 11.5 Å². The van der Waals surface area contributed by atoms with E-state index in [9.17, 15) is 4.79 Å². The van der Waals surface area contributed by atoms with Gasteiger partial charge in [0.1, 0.15) is 0 Å². The predicted molar refractivity (Wildman–Crippen MR) is 63.7 cm³/mol. The Morgan fingerprint density at radius 2 is 2.17 bits per heavy atom. The van der Waals surface area contributed by atoms with Crippen LogP contribution < -0.4 is 5.32 Å². The maximum atomic E-state index is 11.7. The van der Waals surface area contributed by atoms with Crippen LogP contribution in [0.15, 0.2) is 35.1 Å². The molecular weight excluding hydrogens is 234 g/mol. The maximum absolute atomic E-state index is 11.7. The van der Waals surface area contributed by atoms with Crippen molar-refractivity contribution in [2.75, 3.05) is 6.54 Å². The molecule has 6 heteroatoms. The largest absolute Gasteiger partial charge is 0.423 e. The smallest absolute Gasteiger partial charge is 0.251 e. The number of amides is 1. The minimum absolute atomic E-state index is 0.226. The first-order valence-electron chi connectivity index (χ1n) is 5.49. The van der Waals surface area contributed by atoms with E-state index in [0.717, 1.165) is 5.56 Å².